The minimum absolute atomic E-state index is 0.00387. The highest BCUT2D eigenvalue weighted by molar-refractivity contribution is 6.37. The van der Waals surface area contributed by atoms with Gasteiger partial charge in [0.05, 0.1) is 22.8 Å². The molecule has 3 N–H and O–H groups in total. The van der Waals surface area contributed by atoms with E-state index >= 15 is 0 Å². The number of phenols is 1. The van der Waals surface area contributed by atoms with E-state index in [0.717, 1.165) is 12.8 Å². The predicted molar refractivity (Wildman–Crippen MR) is 120 cm³/mol. The molecule has 0 aliphatic rings. The topological polar surface area (TPSA) is 114 Å². The van der Waals surface area contributed by atoms with Crippen molar-refractivity contribution in [1.82, 2.24) is 5.32 Å². The van der Waals surface area contributed by atoms with Crippen LogP contribution in [0.3, 0.4) is 0 Å². The molecule has 0 saturated heterocycles. The third kappa shape index (κ3) is 7.69. The second kappa shape index (κ2) is 12.3. The number of nitrogens with one attached hydrogen (secondary N) is 1. The van der Waals surface area contributed by atoms with E-state index in [4.69, 9.17) is 42.5 Å². The zero-order valence-corrected chi connectivity index (χ0v) is 19.2. The number of aliphatic carboxylic acids is 1. The van der Waals surface area contributed by atoms with E-state index in [1.807, 2.05) is 13.8 Å². The minimum atomic E-state index is -1.17. The van der Waals surface area contributed by atoms with Gasteiger partial charge in [0.15, 0.2) is 17.2 Å². The average Bonchev–Trinajstić information content (AvgIpc) is 2.75. The fourth-order valence-electron chi connectivity index (χ4n) is 2.72. The Balaban J connectivity index is 2.04. The molecule has 2 rings (SSSR count). The minimum Gasteiger partial charge on any atom is -0.504 e. The maximum atomic E-state index is 11.4. The van der Waals surface area contributed by atoms with E-state index in [9.17, 15) is 14.7 Å². The summed E-state index contributed by atoms with van der Waals surface area (Å²) in [6.45, 7) is 3.48. The number of hydrogen-bond acceptors (Lipinski definition) is 6. The number of carbonyl (C=O) groups excluding carboxylic acids is 1. The number of benzene rings is 2. The lowest BCUT2D eigenvalue weighted by molar-refractivity contribution is -0.135. The number of halogens is 2. The van der Waals surface area contributed by atoms with Crippen LogP contribution in [0.1, 0.15) is 32.3 Å². The van der Waals surface area contributed by atoms with Gasteiger partial charge in [-0.3, -0.25) is 4.79 Å². The third-order valence-electron chi connectivity index (χ3n) is 4.42. The van der Waals surface area contributed by atoms with Gasteiger partial charge in [0, 0.05) is 12.5 Å². The molecule has 0 fully saturated rings. The van der Waals surface area contributed by atoms with Crippen LogP contribution in [0.5, 0.6) is 23.0 Å². The molecule has 0 aromatic heterocycles. The zero-order chi connectivity index (χ0) is 23.7. The van der Waals surface area contributed by atoms with E-state index in [0.29, 0.717) is 23.5 Å². The van der Waals surface area contributed by atoms with Gasteiger partial charge in [0.1, 0.15) is 12.3 Å². The van der Waals surface area contributed by atoms with Gasteiger partial charge in [-0.15, -0.1) is 0 Å². The molecule has 1 amide bonds. The summed E-state index contributed by atoms with van der Waals surface area (Å²) in [7, 11) is 0. The molecule has 174 valence electrons. The first-order chi connectivity index (χ1) is 15.2. The second-order valence-electron chi connectivity index (χ2n) is 6.81. The zero-order valence-electron chi connectivity index (χ0n) is 17.7. The fraction of sp³-hybridized carbons (Fsp3) is 0.364. The van der Waals surface area contributed by atoms with E-state index in [1.54, 1.807) is 24.3 Å². The number of phenolic OH excluding ortho intramolecular Hbond substituents is 1. The van der Waals surface area contributed by atoms with Crippen molar-refractivity contribution in [3.05, 3.63) is 45.9 Å². The number of rotatable bonds is 11. The Morgan fingerprint density at radius 3 is 2.34 bits per heavy atom. The third-order valence-corrected chi connectivity index (χ3v) is 4.98. The maximum absolute atomic E-state index is 11.4. The highest BCUT2D eigenvalue weighted by Gasteiger charge is 2.15. The molecular formula is C22H25Cl2NO7. The number of ether oxygens (including phenoxy) is 3. The number of carbonyl (C=O) groups is 2. The van der Waals surface area contributed by atoms with Gasteiger partial charge in [-0.05, 0) is 42.7 Å². The summed E-state index contributed by atoms with van der Waals surface area (Å²) in [5, 5.41) is 21.2. The van der Waals surface area contributed by atoms with Crippen LogP contribution in [-0.4, -0.2) is 41.5 Å². The molecule has 0 bridgehead atoms. The van der Waals surface area contributed by atoms with Crippen LogP contribution >= 0.6 is 23.2 Å². The molecule has 0 radical (unpaired) electrons. The summed E-state index contributed by atoms with van der Waals surface area (Å²) in [4.78, 5) is 21.8. The standard InChI is InChI=1S/C22H25Cl2NO7/c1-3-14(4-2)31-19-11-15(5-6-18(19)26)32-21-16(23)9-13(10-17(21)24)7-8-30-22(29)25-12-20(27)28/h5-6,9-11,14,26H,3-4,7-8,12H2,1-2H3,(H,25,29)(H,27,28). The van der Waals surface area contributed by atoms with Crippen molar-refractivity contribution in [1.29, 1.82) is 0 Å². The smallest absolute Gasteiger partial charge is 0.407 e. The molecular weight excluding hydrogens is 461 g/mol. The molecule has 0 saturated carbocycles. The van der Waals surface area contributed by atoms with Crippen LogP contribution in [0.2, 0.25) is 10.0 Å². The van der Waals surface area contributed by atoms with Gasteiger partial charge >= 0.3 is 12.1 Å². The van der Waals surface area contributed by atoms with Gasteiger partial charge in [-0.1, -0.05) is 37.0 Å². The molecule has 0 aliphatic heterocycles. The summed E-state index contributed by atoms with van der Waals surface area (Å²) in [6, 6.07) is 7.86. The van der Waals surface area contributed by atoms with Crippen molar-refractivity contribution in [3.8, 4) is 23.0 Å². The number of amides is 1. The second-order valence-corrected chi connectivity index (χ2v) is 7.62. The summed E-state index contributed by atoms with van der Waals surface area (Å²) in [6.07, 6.45) is 1.04. The fourth-order valence-corrected chi connectivity index (χ4v) is 3.33. The van der Waals surface area contributed by atoms with Crippen LogP contribution in [0.25, 0.3) is 0 Å². The van der Waals surface area contributed by atoms with E-state index in [-0.39, 0.29) is 34.3 Å². The number of carboxylic acid groups (broad SMARTS) is 1. The molecule has 0 atom stereocenters. The van der Waals surface area contributed by atoms with Gasteiger partial charge in [0.2, 0.25) is 0 Å². The Morgan fingerprint density at radius 1 is 1.09 bits per heavy atom. The number of alkyl carbamates (subject to hydrolysis) is 1. The molecule has 0 unspecified atom stereocenters. The van der Waals surface area contributed by atoms with Crippen molar-refractivity contribution in [2.75, 3.05) is 13.2 Å². The first-order valence-electron chi connectivity index (χ1n) is 10.0. The van der Waals surface area contributed by atoms with Gasteiger partial charge in [-0.2, -0.15) is 0 Å². The molecule has 10 heteroatoms. The summed E-state index contributed by atoms with van der Waals surface area (Å²) in [5.74, 6) is -0.239. The summed E-state index contributed by atoms with van der Waals surface area (Å²) < 4.78 is 16.6. The Bertz CT molecular complexity index is 925. The molecule has 0 spiro atoms. The Morgan fingerprint density at radius 2 is 1.75 bits per heavy atom. The first kappa shape index (κ1) is 25.4. The SMILES string of the molecule is CCC(CC)Oc1cc(Oc2c(Cl)cc(CCOC(=O)NCC(=O)O)cc2Cl)ccc1O. The quantitative estimate of drug-likeness (QED) is 0.389. The van der Waals surface area contributed by atoms with Crippen LogP contribution in [-0.2, 0) is 16.0 Å². The van der Waals surface area contributed by atoms with Crippen molar-refractivity contribution in [2.45, 2.75) is 39.2 Å². The monoisotopic (exact) mass is 485 g/mol. The molecule has 0 heterocycles. The van der Waals surface area contributed by atoms with E-state index < -0.39 is 18.6 Å². The maximum Gasteiger partial charge on any atom is 0.407 e. The number of carboxylic acids is 1. The lowest BCUT2D eigenvalue weighted by Crippen LogP contribution is -2.30. The van der Waals surface area contributed by atoms with E-state index in [1.165, 1.54) is 6.07 Å². The van der Waals surface area contributed by atoms with Crippen molar-refractivity contribution in [3.63, 3.8) is 0 Å². The Hall–Kier alpha value is -2.84. The Kier molecular flexibility index (Phi) is 9.74. The summed E-state index contributed by atoms with van der Waals surface area (Å²) in [5.41, 5.74) is 0.696. The number of aromatic hydroxyl groups is 1. The molecule has 0 aliphatic carbocycles. The highest BCUT2D eigenvalue weighted by atomic mass is 35.5. The van der Waals surface area contributed by atoms with Crippen molar-refractivity contribution >= 4 is 35.3 Å². The largest absolute Gasteiger partial charge is 0.504 e. The van der Waals surface area contributed by atoms with Crippen LogP contribution in [0.15, 0.2) is 30.3 Å². The summed E-state index contributed by atoms with van der Waals surface area (Å²) >= 11 is 12.7. The van der Waals surface area contributed by atoms with Crippen molar-refractivity contribution < 1.29 is 34.0 Å². The predicted octanol–water partition coefficient (Wildman–Crippen LogP) is 5.41. The van der Waals surface area contributed by atoms with Gasteiger partial charge in [-0.25, -0.2) is 4.79 Å². The van der Waals surface area contributed by atoms with Crippen LogP contribution < -0.4 is 14.8 Å². The lowest BCUT2D eigenvalue weighted by Gasteiger charge is -2.18. The lowest BCUT2D eigenvalue weighted by atomic mass is 10.1. The Labute approximate surface area is 196 Å². The van der Waals surface area contributed by atoms with Gasteiger partial charge < -0.3 is 29.7 Å². The molecule has 2 aromatic rings. The van der Waals surface area contributed by atoms with Crippen LogP contribution in [0, 0.1) is 0 Å². The first-order valence-corrected chi connectivity index (χ1v) is 10.8. The van der Waals surface area contributed by atoms with Crippen LogP contribution in [0.4, 0.5) is 4.79 Å². The normalized spacial score (nSPS) is 10.7. The average molecular weight is 486 g/mol. The molecule has 32 heavy (non-hydrogen) atoms. The van der Waals surface area contributed by atoms with Crippen molar-refractivity contribution in [2.24, 2.45) is 0 Å². The number of hydrogen-bond donors (Lipinski definition) is 3. The van der Waals surface area contributed by atoms with Gasteiger partial charge in [0.25, 0.3) is 0 Å². The molecule has 8 nitrogen and oxygen atoms in total. The highest BCUT2D eigenvalue weighted by Crippen LogP contribution is 2.40. The molecule has 2 aromatic carbocycles. The van der Waals surface area contributed by atoms with E-state index in [2.05, 4.69) is 5.32 Å².